The lowest BCUT2D eigenvalue weighted by Gasteiger charge is -2.66. The molecule has 3 unspecified atom stereocenters. The Balaban J connectivity index is 1.96. The zero-order valence-corrected chi connectivity index (χ0v) is 12.6. The van der Waals surface area contributed by atoms with Crippen LogP contribution in [-0.2, 0) is 0 Å². The molecule has 0 spiro atoms. The van der Waals surface area contributed by atoms with Gasteiger partial charge in [0.2, 0.25) is 0 Å². The molecule has 104 valence electrons. The van der Waals surface area contributed by atoms with Crippen LogP contribution in [0.4, 0.5) is 0 Å². The minimum atomic E-state index is -0.297. The third-order valence-electron chi connectivity index (χ3n) is 7.24. The van der Waals surface area contributed by atoms with Gasteiger partial charge in [-0.15, -0.1) is 0 Å². The highest BCUT2D eigenvalue weighted by atomic mass is 16.3. The van der Waals surface area contributed by atoms with Crippen molar-refractivity contribution in [1.82, 2.24) is 0 Å². The maximum absolute atomic E-state index is 10.9. The van der Waals surface area contributed by atoms with Gasteiger partial charge in [-0.1, -0.05) is 34.1 Å². The van der Waals surface area contributed by atoms with E-state index >= 15 is 0 Å². The van der Waals surface area contributed by atoms with E-state index in [0.717, 1.165) is 37.0 Å². The summed E-state index contributed by atoms with van der Waals surface area (Å²) >= 11 is 0. The maximum atomic E-state index is 10.9. The van der Waals surface area contributed by atoms with Crippen molar-refractivity contribution in [2.24, 2.45) is 28.6 Å². The first-order chi connectivity index (χ1) is 8.30. The number of aliphatic hydroxyl groups is 1. The Morgan fingerprint density at radius 2 is 1.72 bits per heavy atom. The van der Waals surface area contributed by atoms with Gasteiger partial charge in [0.1, 0.15) is 0 Å². The molecule has 1 heteroatoms. The molecule has 4 bridgehead atoms. The third-order valence-corrected chi connectivity index (χ3v) is 7.24. The van der Waals surface area contributed by atoms with E-state index < -0.39 is 0 Å². The lowest BCUT2D eigenvalue weighted by molar-refractivity contribution is -0.208. The van der Waals surface area contributed by atoms with Crippen LogP contribution in [-0.4, -0.2) is 10.7 Å². The molecule has 0 saturated heterocycles. The Morgan fingerprint density at radius 1 is 1.17 bits per heavy atom. The first-order valence-electron chi connectivity index (χ1n) is 8.03. The van der Waals surface area contributed by atoms with E-state index in [1.165, 1.54) is 25.7 Å². The fraction of sp³-hybridized carbons (Fsp3) is 1.00. The summed E-state index contributed by atoms with van der Waals surface area (Å²) in [5, 5.41) is 10.9. The van der Waals surface area contributed by atoms with E-state index in [9.17, 15) is 5.11 Å². The van der Waals surface area contributed by atoms with Crippen LogP contribution in [0.1, 0.15) is 72.6 Å². The monoisotopic (exact) mass is 250 g/mol. The molecule has 0 aromatic carbocycles. The van der Waals surface area contributed by atoms with Gasteiger partial charge >= 0.3 is 0 Å². The Kier molecular flexibility index (Phi) is 2.70. The van der Waals surface area contributed by atoms with Crippen LogP contribution in [0.3, 0.4) is 0 Å². The highest BCUT2D eigenvalue weighted by molar-refractivity contribution is 5.12. The summed E-state index contributed by atoms with van der Waals surface area (Å²) in [7, 11) is 0. The first-order valence-corrected chi connectivity index (χ1v) is 8.03. The van der Waals surface area contributed by atoms with Gasteiger partial charge in [0, 0.05) is 0 Å². The molecule has 1 nitrogen and oxygen atoms in total. The number of hydrogen-bond acceptors (Lipinski definition) is 1. The van der Waals surface area contributed by atoms with Gasteiger partial charge in [-0.2, -0.15) is 0 Å². The summed E-state index contributed by atoms with van der Waals surface area (Å²) in [5.74, 6) is 2.40. The van der Waals surface area contributed by atoms with Crippen LogP contribution in [0.25, 0.3) is 0 Å². The van der Waals surface area contributed by atoms with E-state index in [-0.39, 0.29) is 5.60 Å². The predicted molar refractivity (Wildman–Crippen MR) is 75.3 cm³/mol. The Hall–Kier alpha value is -0.0400. The molecule has 0 aliphatic heterocycles. The van der Waals surface area contributed by atoms with Gasteiger partial charge in [-0.3, -0.25) is 0 Å². The molecule has 0 amide bonds. The normalized spacial score (nSPS) is 48.5. The molecule has 0 aromatic heterocycles. The van der Waals surface area contributed by atoms with Crippen molar-refractivity contribution in [2.75, 3.05) is 0 Å². The SMILES string of the molecule is CCC(C)C(C)(C)C12CC3CC(CC(O)(C3)C1)C2. The maximum Gasteiger partial charge on any atom is 0.0658 e. The molecule has 4 aliphatic carbocycles. The molecule has 0 radical (unpaired) electrons. The zero-order valence-electron chi connectivity index (χ0n) is 12.6. The average molecular weight is 250 g/mol. The molecular formula is C17H30O. The van der Waals surface area contributed by atoms with Crippen molar-refractivity contribution in [3.8, 4) is 0 Å². The quantitative estimate of drug-likeness (QED) is 0.787. The van der Waals surface area contributed by atoms with Gasteiger partial charge in [0.05, 0.1) is 5.60 Å². The van der Waals surface area contributed by atoms with Crippen LogP contribution >= 0.6 is 0 Å². The van der Waals surface area contributed by atoms with Crippen LogP contribution in [0.5, 0.6) is 0 Å². The summed E-state index contributed by atoms with van der Waals surface area (Å²) in [6, 6.07) is 0. The summed E-state index contributed by atoms with van der Waals surface area (Å²) in [6.07, 6.45) is 8.74. The average Bonchev–Trinajstić information content (AvgIpc) is 2.24. The van der Waals surface area contributed by atoms with Gasteiger partial charge < -0.3 is 5.11 Å². The standard InChI is InChI=1S/C17H30O/c1-5-12(2)15(3,4)16-7-13-6-14(8-16)10-17(18,9-13)11-16/h12-14,18H,5-11H2,1-4H3. The number of hydrogen-bond donors (Lipinski definition) is 1. The van der Waals surface area contributed by atoms with E-state index in [2.05, 4.69) is 27.7 Å². The van der Waals surface area contributed by atoms with Crippen LogP contribution in [0.2, 0.25) is 0 Å². The third kappa shape index (κ3) is 1.62. The minimum absolute atomic E-state index is 0.297. The Bertz CT molecular complexity index is 330. The Morgan fingerprint density at radius 3 is 2.17 bits per heavy atom. The molecule has 4 aliphatic rings. The van der Waals surface area contributed by atoms with Crippen molar-refractivity contribution in [3.63, 3.8) is 0 Å². The molecule has 18 heavy (non-hydrogen) atoms. The second-order valence-electron chi connectivity index (χ2n) is 8.50. The molecule has 1 N–H and O–H groups in total. The van der Waals surface area contributed by atoms with E-state index in [4.69, 9.17) is 0 Å². The largest absolute Gasteiger partial charge is 0.390 e. The second-order valence-corrected chi connectivity index (χ2v) is 8.50. The molecular weight excluding hydrogens is 220 g/mol. The molecule has 4 fully saturated rings. The van der Waals surface area contributed by atoms with Crippen LogP contribution < -0.4 is 0 Å². The van der Waals surface area contributed by atoms with Gasteiger partial charge in [-0.05, 0) is 67.1 Å². The van der Waals surface area contributed by atoms with Crippen molar-refractivity contribution in [2.45, 2.75) is 78.2 Å². The van der Waals surface area contributed by atoms with Crippen molar-refractivity contribution < 1.29 is 5.11 Å². The summed E-state index contributed by atoms with van der Waals surface area (Å²) in [5.41, 5.74) is 0.517. The molecule has 0 heterocycles. The van der Waals surface area contributed by atoms with E-state index in [0.29, 0.717) is 10.8 Å². The van der Waals surface area contributed by atoms with Gasteiger partial charge in [-0.25, -0.2) is 0 Å². The molecule has 4 saturated carbocycles. The predicted octanol–water partition coefficient (Wildman–Crippen LogP) is 4.39. The lowest BCUT2D eigenvalue weighted by atomic mass is 9.40. The van der Waals surface area contributed by atoms with Crippen molar-refractivity contribution in [3.05, 3.63) is 0 Å². The highest BCUT2D eigenvalue weighted by Crippen LogP contribution is 2.68. The number of rotatable bonds is 3. The van der Waals surface area contributed by atoms with Gasteiger partial charge in [0.25, 0.3) is 0 Å². The highest BCUT2D eigenvalue weighted by Gasteiger charge is 2.62. The van der Waals surface area contributed by atoms with Crippen LogP contribution in [0, 0.1) is 28.6 Å². The molecule has 3 atom stereocenters. The fourth-order valence-electron chi connectivity index (χ4n) is 6.00. The van der Waals surface area contributed by atoms with E-state index in [1.54, 1.807) is 0 Å². The fourth-order valence-corrected chi connectivity index (χ4v) is 6.00. The first kappa shape index (κ1) is 13.0. The topological polar surface area (TPSA) is 20.2 Å². The minimum Gasteiger partial charge on any atom is -0.390 e. The van der Waals surface area contributed by atoms with Crippen molar-refractivity contribution in [1.29, 1.82) is 0 Å². The summed E-state index contributed by atoms with van der Waals surface area (Å²) in [4.78, 5) is 0. The Labute approximate surface area is 112 Å². The zero-order chi connectivity index (χ0) is 13.2. The summed E-state index contributed by atoms with van der Waals surface area (Å²) < 4.78 is 0. The van der Waals surface area contributed by atoms with Gasteiger partial charge in [0.15, 0.2) is 0 Å². The molecule has 4 rings (SSSR count). The van der Waals surface area contributed by atoms with Crippen LogP contribution in [0.15, 0.2) is 0 Å². The smallest absolute Gasteiger partial charge is 0.0658 e. The summed E-state index contributed by atoms with van der Waals surface area (Å²) in [6.45, 7) is 9.71. The van der Waals surface area contributed by atoms with E-state index in [1.807, 2.05) is 0 Å². The molecule has 0 aromatic rings. The second kappa shape index (κ2) is 3.75. The van der Waals surface area contributed by atoms with Crippen molar-refractivity contribution >= 4 is 0 Å². The lowest BCUT2D eigenvalue weighted by Crippen LogP contribution is -2.61.